The van der Waals surface area contributed by atoms with Crippen LogP contribution < -0.4 is 20.1 Å². The smallest absolute Gasteiger partial charge is 0.256 e. The molecule has 2 aromatic carbocycles. The molecule has 6 heteroatoms. The first-order valence-electron chi connectivity index (χ1n) is 9.21. The van der Waals surface area contributed by atoms with Crippen LogP contribution in [-0.2, 0) is 11.3 Å². The van der Waals surface area contributed by atoms with E-state index in [2.05, 4.69) is 27.7 Å². The van der Waals surface area contributed by atoms with Gasteiger partial charge in [-0.3, -0.25) is 4.79 Å². The topological polar surface area (TPSA) is 62.8 Å². The van der Waals surface area contributed by atoms with Crippen LogP contribution in [0.2, 0.25) is 0 Å². The Kier molecular flexibility index (Phi) is 5.90. The average molecular weight is 381 g/mol. The van der Waals surface area contributed by atoms with Gasteiger partial charge in [0.05, 0.1) is 19.9 Å². The second-order valence-electron chi connectivity index (χ2n) is 7.16. The summed E-state index contributed by atoms with van der Waals surface area (Å²) >= 11 is 0. The molecular weight excluding hydrogens is 354 g/mol. The van der Waals surface area contributed by atoms with Crippen molar-refractivity contribution in [1.29, 1.82) is 0 Å². The molecule has 1 amide bonds. The van der Waals surface area contributed by atoms with Crippen molar-refractivity contribution in [2.75, 3.05) is 38.9 Å². The number of carbonyl (C=O) groups excluding carboxylic acids is 1. The van der Waals surface area contributed by atoms with Crippen molar-refractivity contribution in [3.63, 3.8) is 0 Å². The van der Waals surface area contributed by atoms with Gasteiger partial charge < -0.3 is 25.0 Å². The third-order valence-electron chi connectivity index (χ3n) is 4.54. The third-order valence-corrected chi connectivity index (χ3v) is 4.54. The molecule has 3 rings (SSSR count). The molecule has 2 aromatic rings. The average Bonchev–Trinajstić information content (AvgIpc) is 2.94. The third kappa shape index (κ3) is 4.28. The number of nitrogens with zero attached hydrogens (tertiary/aromatic N) is 1. The van der Waals surface area contributed by atoms with Gasteiger partial charge in [0.2, 0.25) is 0 Å². The van der Waals surface area contributed by atoms with Crippen molar-refractivity contribution in [2.45, 2.75) is 19.5 Å². The van der Waals surface area contributed by atoms with Crippen LogP contribution in [0.25, 0.3) is 5.57 Å². The number of nitrogens with one attached hydrogen (secondary N) is 2. The molecule has 0 saturated carbocycles. The SMILES string of the molecule is COc1cc2c(cc1OC)C(=CC(C)Nc1cccc(CN(C)C)c1)C(=O)N2. The van der Waals surface area contributed by atoms with E-state index in [9.17, 15) is 4.79 Å². The highest BCUT2D eigenvalue weighted by Crippen LogP contribution is 2.40. The molecule has 1 atom stereocenters. The first-order chi connectivity index (χ1) is 13.4. The Morgan fingerprint density at radius 3 is 2.54 bits per heavy atom. The Bertz CT molecular complexity index is 906. The number of hydrogen-bond acceptors (Lipinski definition) is 5. The second kappa shape index (κ2) is 8.35. The molecule has 0 radical (unpaired) electrons. The molecule has 0 spiro atoms. The predicted molar refractivity (Wildman–Crippen MR) is 113 cm³/mol. The number of anilines is 2. The van der Waals surface area contributed by atoms with Gasteiger partial charge in [0.1, 0.15) is 0 Å². The first-order valence-corrected chi connectivity index (χ1v) is 9.21. The Labute approximate surface area is 166 Å². The number of carbonyl (C=O) groups is 1. The summed E-state index contributed by atoms with van der Waals surface area (Å²) in [6.07, 6.45) is 1.94. The monoisotopic (exact) mass is 381 g/mol. The zero-order valence-corrected chi connectivity index (χ0v) is 17.0. The van der Waals surface area contributed by atoms with Gasteiger partial charge in [-0.2, -0.15) is 0 Å². The number of rotatable bonds is 7. The van der Waals surface area contributed by atoms with E-state index in [-0.39, 0.29) is 11.9 Å². The van der Waals surface area contributed by atoms with Gasteiger partial charge in [-0.25, -0.2) is 0 Å². The number of hydrogen-bond donors (Lipinski definition) is 2. The Morgan fingerprint density at radius 2 is 1.86 bits per heavy atom. The van der Waals surface area contributed by atoms with Crippen LogP contribution in [0, 0.1) is 0 Å². The molecule has 0 saturated heterocycles. The van der Waals surface area contributed by atoms with E-state index in [4.69, 9.17) is 9.47 Å². The summed E-state index contributed by atoms with van der Waals surface area (Å²) < 4.78 is 10.7. The fourth-order valence-corrected chi connectivity index (χ4v) is 3.36. The minimum absolute atomic E-state index is 0.0330. The molecule has 0 aliphatic carbocycles. The number of amides is 1. The highest BCUT2D eigenvalue weighted by molar-refractivity contribution is 6.31. The van der Waals surface area contributed by atoms with Crippen molar-refractivity contribution in [3.05, 3.63) is 53.6 Å². The molecule has 1 aliphatic heterocycles. The molecule has 1 aliphatic rings. The van der Waals surface area contributed by atoms with Crippen LogP contribution in [0.3, 0.4) is 0 Å². The van der Waals surface area contributed by atoms with E-state index in [0.29, 0.717) is 17.1 Å². The van der Waals surface area contributed by atoms with Gasteiger partial charge in [0.15, 0.2) is 11.5 Å². The lowest BCUT2D eigenvalue weighted by Gasteiger charge is -2.15. The van der Waals surface area contributed by atoms with Gasteiger partial charge in [-0.15, -0.1) is 0 Å². The van der Waals surface area contributed by atoms with Crippen molar-refractivity contribution in [1.82, 2.24) is 4.90 Å². The van der Waals surface area contributed by atoms with Gasteiger partial charge in [0.25, 0.3) is 5.91 Å². The maximum Gasteiger partial charge on any atom is 0.256 e. The summed E-state index contributed by atoms with van der Waals surface area (Å²) in [6, 6.07) is 11.9. The second-order valence-corrected chi connectivity index (χ2v) is 7.16. The fourth-order valence-electron chi connectivity index (χ4n) is 3.36. The summed E-state index contributed by atoms with van der Waals surface area (Å²) in [5, 5.41) is 6.35. The van der Waals surface area contributed by atoms with E-state index < -0.39 is 0 Å². The standard InChI is InChI=1S/C22H27N3O3/c1-14(23-16-8-6-7-15(10-16)13-25(2)3)9-18-17-11-20(27-4)21(28-5)12-19(17)24-22(18)26/h6-12,14,23H,13H2,1-5H3,(H,24,26). The van der Waals surface area contributed by atoms with E-state index in [1.807, 2.05) is 45.3 Å². The van der Waals surface area contributed by atoms with Gasteiger partial charge in [0, 0.05) is 35.5 Å². The fraction of sp³-hybridized carbons (Fsp3) is 0.318. The van der Waals surface area contributed by atoms with Crippen LogP contribution in [0.4, 0.5) is 11.4 Å². The van der Waals surface area contributed by atoms with E-state index in [1.54, 1.807) is 20.3 Å². The van der Waals surface area contributed by atoms with Gasteiger partial charge in [-0.1, -0.05) is 12.1 Å². The molecular formula is C22H27N3O3. The molecule has 1 unspecified atom stereocenters. The summed E-state index contributed by atoms with van der Waals surface area (Å²) in [5.74, 6) is 1.06. The van der Waals surface area contributed by atoms with Crippen molar-refractivity contribution in [2.24, 2.45) is 0 Å². The zero-order chi connectivity index (χ0) is 20.3. The Hall–Kier alpha value is -2.99. The van der Waals surface area contributed by atoms with Crippen molar-refractivity contribution >= 4 is 22.9 Å². The van der Waals surface area contributed by atoms with Gasteiger partial charge >= 0.3 is 0 Å². The van der Waals surface area contributed by atoms with Crippen LogP contribution in [-0.4, -0.2) is 45.2 Å². The van der Waals surface area contributed by atoms with E-state index in [1.165, 1.54) is 5.56 Å². The van der Waals surface area contributed by atoms with Crippen LogP contribution in [0.15, 0.2) is 42.5 Å². The van der Waals surface area contributed by atoms with E-state index >= 15 is 0 Å². The molecule has 0 fully saturated rings. The molecule has 0 aromatic heterocycles. The van der Waals surface area contributed by atoms with Crippen LogP contribution in [0.1, 0.15) is 18.1 Å². The lowest BCUT2D eigenvalue weighted by molar-refractivity contribution is -0.110. The number of ether oxygens (including phenoxy) is 2. The number of fused-ring (bicyclic) bond motifs is 1. The van der Waals surface area contributed by atoms with Crippen LogP contribution in [0.5, 0.6) is 11.5 Å². The molecule has 2 N–H and O–H groups in total. The minimum Gasteiger partial charge on any atom is -0.493 e. The number of methoxy groups -OCH3 is 2. The molecule has 148 valence electrons. The minimum atomic E-state index is -0.125. The quantitative estimate of drug-likeness (QED) is 0.718. The largest absolute Gasteiger partial charge is 0.493 e. The molecule has 6 nitrogen and oxygen atoms in total. The highest BCUT2D eigenvalue weighted by Gasteiger charge is 2.27. The van der Waals surface area contributed by atoms with Crippen LogP contribution >= 0.6 is 0 Å². The maximum atomic E-state index is 12.5. The molecule has 0 bridgehead atoms. The van der Waals surface area contributed by atoms with Crippen molar-refractivity contribution in [3.8, 4) is 11.5 Å². The maximum absolute atomic E-state index is 12.5. The Balaban J connectivity index is 1.83. The molecule has 28 heavy (non-hydrogen) atoms. The molecule has 1 heterocycles. The summed E-state index contributed by atoms with van der Waals surface area (Å²) in [4.78, 5) is 14.6. The normalized spacial score (nSPS) is 15.4. The summed E-state index contributed by atoms with van der Waals surface area (Å²) in [5.41, 5.74) is 4.43. The van der Waals surface area contributed by atoms with E-state index in [0.717, 1.165) is 23.5 Å². The predicted octanol–water partition coefficient (Wildman–Crippen LogP) is 3.60. The summed E-state index contributed by atoms with van der Waals surface area (Å²) in [7, 11) is 7.26. The summed E-state index contributed by atoms with van der Waals surface area (Å²) in [6.45, 7) is 2.90. The lowest BCUT2D eigenvalue weighted by atomic mass is 10.0. The van der Waals surface area contributed by atoms with Gasteiger partial charge in [-0.05, 0) is 50.9 Å². The van der Waals surface area contributed by atoms with Crippen molar-refractivity contribution < 1.29 is 14.3 Å². The first kappa shape index (κ1) is 19.8. The Morgan fingerprint density at radius 1 is 1.14 bits per heavy atom. The zero-order valence-electron chi connectivity index (χ0n) is 17.0. The highest BCUT2D eigenvalue weighted by atomic mass is 16.5. The number of benzene rings is 2. The lowest BCUT2D eigenvalue weighted by Crippen LogP contribution is -2.15.